The molecule has 0 amide bonds. The number of methoxy groups -OCH3 is 1. The van der Waals surface area contributed by atoms with Gasteiger partial charge in [0.05, 0.1) is 46.4 Å². The van der Waals surface area contributed by atoms with Gasteiger partial charge in [0.15, 0.2) is 0 Å². The Kier molecular flexibility index (Phi) is 4.31. The van der Waals surface area contributed by atoms with Crippen LogP contribution < -0.4 is 11.1 Å². The lowest BCUT2D eigenvalue weighted by Crippen LogP contribution is -2.04. The number of hydrogen-bond donors (Lipinski definition) is 2. The Bertz CT molecular complexity index is 738. The molecule has 2 aromatic carbocycles. The monoisotopic (exact) mass is 301 g/mol. The molecule has 0 unspecified atom stereocenters. The number of halogens is 1. The summed E-state index contributed by atoms with van der Waals surface area (Å²) in [7, 11) is 1.31. The van der Waals surface area contributed by atoms with Gasteiger partial charge in [-0.15, -0.1) is 0 Å². The van der Waals surface area contributed by atoms with E-state index < -0.39 is 5.97 Å². The van der Waals surface area contributed by atoms with Crippen molar-refractivity contribution in [3.05, 3.63) is 52.5 Å². The second-order valence-electron chi connectivity index (χ2n) is 4.23. The van der Waals surface area contributed by atoms with Crippen molar-refractivity contribution in [1.82, 2.24) is 0 Å². The fourth-order valence-corrected chi connectivity index (χ4v) is 1.97. The van der Waals surface area contributed by atoms with Crippen molar-refractivity contribution in [1.29, 1.82) is 5.26 Å². The maximum Gasteiger partial charge on any atom is 0.337 e. The van der Waals surface area contributed by atoms with Crippen molar-refractivity contribution in [2.75, 3.05) is 18.2 Å². The first-order valence-corrected chi connectivity index (χ1v) is 6.37. The quantitative estimate of drug-likeness (QED) is 0.670. The maximum absolute atomic E-state index is 11.5. The summed E-state index contributed by atoms with van der Waals surface area (Å²) in [6, 6.07) is 11.6. The number of rotatable bonds is 3. The van der Waals surface area contributed by atoms with Gasteiger partial charge < -0.3 is 15.8 Å². The van der Waals surface area contributed by atoms with E-state index in [0.717, 1.165) is 0 Å². The SMILES string of the molecule is COC(=O)c1ccc(N)c(Nc2ccc(C#N)cc2Cl)c1. The number of hydrogen-bond acceptors (Lipinski definition) is 5. The number of nitrogen functional groups attached to an aromatic ring is 1. The Balaban J connectivity index is 2.35. The van der Waals surface area contributed by atoms with Crippen molar-refractivity contribution in [3.63, 3.8) is 0 Å². The number of anilines is 3. The van der Waals surface area contributed by atoms with E-state index in [1.54, 1.807) is 36.4 Å². The Morgan fingerprint density at radius 3 is 2.67 bits per heavy atom. The van der Waals surface area contributed by atoms with Crippen molar-refractivity contribution >= 4 is 34.6 Å². The molecule has 0 bridgehead atoms. The molecule has 2 rings (SSSR count). The topological polar surface area (TPSA) is 88.1 Å². The molecule has 0 heterocycles. The predicted molar refractivity (Wildman–Crippen MR) is 81.6 cm³/mol. The minimum Gasteiger partial charge on any atom is -0.465 e. The van der Waals surface area contributed by atoms with E-state index in [2.05, 4.69) is 10.1 Å². The van der Waals surface area contributed by atoms with Crippen LogP contribution in [0, 0.1) is 11.3 Å². The summed E-state index contributed by atoms with van der Waals surface area (Å²) in [6.07, 6.45) is 0. The van der Waals surface area contributed by atoms with E-state index in [1.807, 2.05) is 6.07 Å². The highest BCUT2D eigenvalue weighted by molar-refractivity contribution is 6.33. The third kappa shape index (κ3) is 3.25. The number of nitrogens with zero attached hydrogens (tertiary/aromatic N) is 1. The fourth-order valence-electron chi connectivity index (χ4n) is 1.74. The standard InChI is InChI=1S/C15H12ClN3O2/c1-21-15(20)10-3-4-12(18)14(7-10)19-13-5-2-9(8-17)6-11(13)16/h2-7,19H,18H2,1H3. The van der Waals surface area contributed by atoms with Gasteiger partial charge in [0.1, 0.15) is 0 Å². The van der Waals surface area contributed by atoms with Crippen molar-refractivity contribution in [2.45, 2.75) is 0 Å². The highest BCUT2D eigenvalue weighted by Crippen LogP contribution is 2.30. The molecule has 106 valence electrons. The molecule has 6 heteroatoms. The van der Waals surface area contributed by atoms with Gasteiger partial charge in [-0.3, -0.25) is 0 Å². The second-order valence-corrected chi connectivity index (χ2v) is 4.63. The highest BCUT2D eigenvalue weighted by Gasteiger charge is 2.10. The van der Waals surface area contributed by atoms with Gasteiger partial charge in [0, 0.05) is 0 Å². The Labute approximate surface area is 126 Å². The van der Waals surface area contributed by atoms with Gasteiger partial charge in [-0.2, -0.15) is 5.26 Å². The minimum absolute atomic E-state index is 0.374. The van der Waals surface area contributed by atoms with Crippen molar-refractivity contribution < 1.29 is 9.53 Å². The molecular formula is C15H12ClN3O2. The van der Waals surface area contributed by atoms with Crippen LogP contribution in [0.1, 0.15) is 15.9 Å². The first-order valence-electron chi connectivity index (χ1n) is 5.99. The van der Waals surface area contributed by atoms with Crippen LogP contribution in [0.2, 0.25) is 5.02 Å². The summed E-state index contributed by atoms with van der Waals surface area (Å²) in [5, 5.41) is 12.2. The molecule has 5 nitrogen and oxygen atoms in total. The molecule has 3 N–H and O–H groups in total. The number of nitriles is 1. The third-order valence-electron chi connectivity index (χ3n) is 2.84. The molecule has 0 aliphatic carbocycles. The zero-order chi connectivity index (χ0) is 15.4. The summed E-state index contributed by atoms with van der Waals surface area (Å²) in [5.41, 5.74) is 8.29. The van der Waals surface area contributed by atoms with Gasteiger partial charge in [0.2, 0.25) is 0 Å². The van der Waals surface area contributed by atoms with Crippen LogP contribution in [0.5, 0.6) is 0 Å². The lowest BCUT2D eigenvalue weighted by molar-refractivity contribution is 0.0601. The zero-order valence-corrected chi connectivity index (χ0v) is 11.9. The average Bonchev–Trinajstić information content (AvgIpc) is 2.50. The van der Waals surface area contributed by atoms with E-state index >= 15 is 0 Å². The fraction of sp³-hybridized carbons (Fsp3) is 0.0667. The normalized spacial score (nSPS) is 9.76. The van der Waals surface area contributed by atoms with E-state index in [0.29, 0.717) is 33.2 Å². The molecule has 2 aromatic rings. The molecule has 0 saturated carbocycles. The number of esters is 1. The Morgan fingerprint density at radius 1 is 1.29 bits per heavy atom. The van der Waals surface area contributed by atoms with E-state index in [-0.39, 0.29) is 0 Å². The summed E-state index contributed by atoms with van der Waals surface area (Å²) >= 11 is 6.09. The zero-order valence-electron chi connectivity index (χ0n) is 11.2. The van der Waals surface area contributed by atoms with Crippen LogP contribution in [-0.4, -0.2) is 13.1 Å². The van der Waals surface area contributed by atoms with Gasteiger partial charge in [0.25, 0.3) is 0 Å². The lowest BCUT2D eigenvalue weighted by Gasteiger charge is -2.12. The lowest BCUT2D eigenvalue weighted by atomic mass is 10.1. The van der Waals surface area contributed by atoms with Crippen molar-refractivity contribution in [3.8, 4) is 6.07 Å². The first-order chi connectivity index (χ1) is 10.0. The molecule has 0 aromatic heterocycles. The predicted octanol–water partition coefficient (Wildman–Crippen LogP) is 3.32. The van der Waals surface area contributed by atoms with Crippen LogP contribution in [0.15, 0.2) is 36.4 Å². The molecular weight excluding hydrogens is 290 g/mol. The first kappa shape index (κ1) is 14.7. The highest BCUT2D eigenvalue weighted by atomic mass is 35.5. The summed E-state index contributed by atoms with van der Waals surface area (Å²) in [4.78, 5) is 11.5. The van der Waals surface area contributed by atoms with E-state index in [9.17, 15) is 4.79 Å². The number of benzene rings is 2. The number of ether oxygens (including phenoxy) is 1. The molecule has 0 saturated heterocycles. The van der Waals surface area contributed by atoms with Gasteiger partial charge >= 0.3 is 5.97 Å². The molecule has 21 heavy (non-hydrogen) atoms. The summed E-state index contributed by atoms with van der Waals surface area (Å²) in [5.74, 6) is -0.455. The largest absolute Gasteiger partial charge is 0.465 e. The average molecular weight is 302 g/mol. The number of carbonyl (C=O) groups is 1. The molecule has 0 fully saturated rings. The van der Waals surface area contributed by atoms with Crippen LogP contribution in [0.4, 0.5) is 17.1 Å². The molecule has 0 radical (unpaired) electrons. The smallest absolute Gasteiger partial charge is 0.337 e. The van der Waals surface area contributed by atoms with Crippen molar-refractivity contribution in [2.24, 2.45) is 0 Å². The molecule has 0 spiro atoms. The van der Waals surface area contributed by atoms with Crippen LogP contribution in [0.3, 0.4) is 0 Å². The number of carbonyl (C=O) groups excluding carboxylic acids is 1. The molecule has 0 aliphatic heterocycles. The van der Waals surface area contributed by atoms with Gasteiger partial charge in [-0.25, -0.2) is 4.79 Å². The Morgan fingerprint density at radius 2 is 2.05 bits per heavy atom. The van der Waals surface area contributed by atoms with Gasteiger partial charge in [-0.05, 0) is 36.4 Å². The Hall–Kier alpha value is -2.71. The molecule has 0 atom stereocenters. The number of nitrogens with one attached hydrogen (secondary N) is 1. The van der Waals surface area contributed by atoms with Crippen LogP contribution >= 0.6 is 11.6 Å². The van der Waals surface area contributed by atoms with E-state index in [4.69, 9.17) is 22.6 Å². The molecule has 0 aliphatic rings. The van der Waals surface area contributed by atoms with E-state index in [1.165, 1.54) is 7.11 Å². The number of nitrogens with two attached hydrogens (primary N) is 1. The maximum atomic E-state index is 11.5. The summed E-state index contributed by atoms with van der Waals surface area (Å²) < 4.78 is 4.67. The second kappa shape index (κ2) is 6.16. The van der Waals surface area contributed by atoms with Gasteiger partial charge in [-0.1, -0.05) is 11.6 Å². The minimum atomic E-state index is -0.455. The third-order valence-corrected chi connectivity index (χ3v) is 3.15. The summed E-state index contributed by atoms with van der Waals surface area (Å²) in [6.45, 7) is 0. The van der Waals surface area contributed by atoms with Crippen LogP contribution in [-0.2, 0) is 4.74 Å². The van der Waals surface area contributed by atoms with Crippen LogP contribution in [0.25, 0.3) is 0 Å².